The van der Waals surface area contributed by atoms with Gasteiger partial charge in [-0.15, -0.1) is 0 Å². The van der Waals surface area contributed by atoms with Crippen LogP contribution < -0.4 is 0 Å². The fourth-order valence-corrected chi connectivity index (χ4v) is 3.22. The van der Waals surface area contributed by atoms with Gasteiger partial charge in [-0.3, -0.25) is 4.79 Å². The molecule has 0 aliphatic rings. The second kappa shape index (κ2) is 5.62. The standard InChI is InChI=1S/C11H13F2NO4S/c1-7(2)14(6-10(15)16)19(17,18)11-8(12)4-3-5-9(11)13/h3-5,7H,6H2,1-2H3,(H,15,16). The van der Waals surface area contributed by atoms with Gasteiger partial charge in [0, 0.05) is 6.04 Å². The van der Waals surface area contributed by atoms with E-state index in [0.29, 0.717) is 4.31 Å². The minimum absolute atomic E-state index is 0.525. The number of hydrogen-bond donors (Lipinski definition) is 1. The maximum Gasteiger partial charge on any atom is 0.318 e. The normalized spacial score (nSPS) is 12.1. The third kappa shape index (κ3) is 3.27. The molecule has 5 nitrogen and oxygen atoms in total. The molecule has 0 unspecified atom stereocenters. The minimum atomic E-state index is -4.55. The maximum atomic E-state index is 13.5. The molecular weight excluding hydrogens is 280 g/mol. The van der Waals surface area contributed by atoms with Gasteiger partial charge in [-0.1, -0.05) is 6.07 Å². The molecule has 0 heterocycles. The van der Waals surface area contributed by atoms with Crippen LogP contribution in [0.25, 0.3) is 0 Å². The summed E-state index contributed by atoms with van der Waals surface area (Å²) in [6.07, 6.45) is 0. The van der Waals surface area contributed by atoms with E-state index < -0.39 is 45.1 Å². The number of nitrogens with zero attached hydrogens (tertiary/aromatic N) is 1. The third-order valence-electron chi connectivity index (χ3n) is 2.35. The number of benzene rings is 1. The molecule has 0 spiro atoms. The van der Waals surface area contributed by atoms with Crippen LogP contribution in [0.5, 0.6) is 0 Å². The van der Waals surface area contributed by atoms with Crippen LogP contribution in [0.1, 0.15) is 13.8 Å². The Labute approximate surface area is 109 Å². The van der Waals surface area contributed by atoms with Crippen LogP contribution in [-0.2, 0) is 14.8 Å². The highest BCUT2D eigenvalue weighted by Gasteiger charge is 2.33. The van der Waals surface area contributed by atoms with Crippen LogP contribution >= 0.6 is 0 Å². The summed E-state index contributed by atoms with van der Waals surface area (Å²) < 4.78 is 51.8. The summed E-state index contributed by atoms with van der Waals surface area (Å²) in [5, 5.41) is 8.69. The molecule has 0 bridgehead atoms. The smallest absolute Gasteiger partial charge is 0.318 e. The number of sulfonamides is 1. The first-order chi connectivity index (χ1) is 8.67. The average Bonchev–Trinajstić information content (AvgIpc) is 2.24. The van der Waals surface area contributed by atoms with Gasteiger partial charge in [0.1, 0.15) is 18.2 Å². The van der Waals surface area contributed by atoms with Crippen molar-refractivity contribution >= 4 is 16.0 Å². The molecule has 19 heavy (non-hydrogen) atoms. The molecule has 0 fully saturated rings. The molecule has 0 aliphatic heterocycles. The highest BCUT2D eigenvalue weighted by Crippen LogP contribution is 2.23. The molecule has 0 radical (unpaired) electrons. The predicted octanol–water partition coefficient (Wildman–Crippen LogP) is 1.45. The molecule has 0 amide bonds. The number of carboxylic acid groups (broad SMARTS) is 1. The van der Waals surface area contributed by atoms with Crippen LogP contribution in [0.3, 0.4) is 0 Å². The zero-order valence-electron chi connectivity index (χ0n) is 10.3. The number of rotatable bonds is 5. The predicted molar refractivity (Wildman–Crippen MR) is 63.0 cm³/mol. The Morgan fingerprint density at radius 3 is 2.16 bits per heavy atom. The van der Waals surface area contributed by atoms with E-state index in [1.807, 2.05) is 0 Å². The molecule has 1 rings (SSSR count). The van der Waals surface area contributed by atoms with Gasteiger partial charge >= 0.3 is 5.97 Å². The van der Waals surface area contributed by atoms with Crippen molar-refractivity contribution in [3.8, 4) is 0 Å². The van der Waals surface area contributed by atoms with Crippen molar-refractivity contribution in [3.63, 3.8) is 0 Å². The van der Waals surface area contributed by atoms with Gasteiger partial charge < -0.3 is 5.11 Å². The lowest BCUT2D eigenvalue weighted by Gasteiger charge is -2.24. The Morgan fingerprint density at radius 2 is 1.79 bits per heavy atom. The topological polar surface area (TPSA) is 74.7 Å². The molecule has 0 saturated carbocycles. The lowest BCUT2D eigenvalue weighted by molar-refractivity contribution is -0.137. The van der Waals surface area contributed by atoms with Crippen LogP contribution in [0, 0.1) is 11.6 Å². The minimum Gasteiger partial charge on any atom is -0.480 e. The zero-order valence-corrected chi connectivity index (χ0v) is 11.1. The Balaban J connectivity index is 3.39. The summed E-state index contributed by atoms with van der Waals surface area (Å²) in [7, 11) is -4.55. The van der Waals surface area contributed by atoms with Crippen molar-refractivity contribution < 1.29 is 27.1 Å². The molecule has 1 N–H and O–H groups in total. The quantitative estimate of drug-likeness (QED) is 0.891. The number of carbonyl (C=O) groups is 1. The van der Waals surface area contributed by atoms with Crippen LogP contribution in [0.4, 0.5) is 8.78 Å². The van der Waals surface area contributed by atoms with E-state index in [-0.39, 0.29) is 0 Å². The highest BCUT2D eigenvalue weighted by atomic mass is 32.2. The van der Waals surface area contributed by atoms with Crippen molar-refractivity contribution in [3.05, 3.63) is 29.8 Å². The second-order valence-corrected chi connectivity index (χ2v) is 5.92. The molecular formula is C11H13F2NO4S. The van der Waals surface area contributed by atoms with E-state index >= 15 is 0 Å². The molecule has 0 saturated heterocycles. The van der Waals surface area contributed by atoms with Gasteiger partial charge in [0.15, 0.2) is 4.90 Å². The summed E-state index contributed by atoms with van der Waals surface area (Å²) in [6, 6.07) is 1.88. The van der Waals surface area contributed by atoms with Crippen molar-refractivity contribution in [2.24, 2.45) is 0 Å². The molecule has 0 aliphatic carbocycles. The zero-order chi connectivity index (χ0) is 14.8. The van der Waals surface area contributed by atoms with Crippen molar-refractivity contribution in [1.82, 2.24) is 4.31 Å². The third-order valence-corrected chi connectivity index (χ3v) is 4.43. The SMILES string of the molecule is CC(C)N(CC(=O)O)S(=O)(=O)c1c(F)cccc1F. The number of halogens is 2. The fraction of sp³-hybridized carbons (Fsp3) is 0.364. The first-order valence-corrected chi connectivity index (χ1v) is 6.79. The van der Waals surface area contributed by atoms with Gasteiger partial charge in [-0.2, -0.15) is 4.31 Å². The Hall–Kier alpha value is -1.54. The van der Waals surface area contributed by atoms with Crippen molar-refractivity contribution in [2.75, 3.05) is 6.54 Å². The largest absolute Gasteiger partial charge is 0.480 e. The van der Waals surface area contributed by atoms with Crippen LogP contribution in [-0.4, -0.2) is 36.4 Å². The van der Waals surface area contributed by atoms with E-state index in [1.54, 1.807) is 0 Å². The molecule has 0 aromatic heterocycles. The highest BCUT2D eigenvalue weighted by molar-refractivity contribution is 7.89. The number of carboxylic acids is 1. The Bertz CT molecular complexity index is 566. The van der Waals surface area contributed by atoms with E-state index in [9.17, 15) is 22.0 Å². The lowest BCUT2D eigenvalue weighted by Crippen LogP contribution is -2.41. The van der Waals surface area contributed by atoms with Gasteiger partial charge in [0.05, 0.1) is 0 Å². The maximum absolute atomic E-state index is 13.5. The fourth-order valence-electron chi connectivity index (χ4n) is 1.52. The molecule has 0 atom stereocenters. The van der Waals surface area contributed by atoms with Crippen LogP contribution in [0.15, 0.2) is 23.1 Å². The van der Waals surface area contributed by atoms with Gasteiger partial charge in [-0.25, -0.2) is 17.2 Å². The van der Waals surface area contributed by atoms with Crippen LogP contribution in [0.2, 0.25) is 0 Å². The lowest BCUT2D eigenvalue weighted by atomic mass is 10.3. The molecule has 1 aromatic rings. The first kappa shape index (κ1) is 15.5. The van der Waals surface area contributed by atoms with Gasteiger partial charge in [0.25, 0.3) is 0 Å². The average molecular weight is 293 g/mol. The van der Waals surface area contributed by atoms with Gasteiger partial charge in [-0.05, 0) is 26.0 Å². The number of aliphatic carboxylic acids is 1. The van der Waals surface area contributed by atoms with E-state index in [1.165, 1.54) is 13.8 Å². The summed E-state index contributed by atoms with van der Waals surface area (Å²) in [4.78, 5) is 9.53. The van der Waals surface area contributed by atoms with E-state index in [0.717, 1.165) is 18.2 Å². The van der Waals surface area contributed by atoms with E-state index in [2.05, 4.69) is 0 Å². The van der Waals surface area contributed by atoms with Crippen molar-refractivity contribution in [1.29, 1.82) is 0 Å². The summed E-state index contributed by atoms with van der Waals surface area (Å²) in [5.74, 6) is -3.92. The monoisotopic (exact) mass is 293 g/mol. The Morgan fingerprint density at radius 1 is 1.32 bits per heavy atom. The summed E-state index contributed by atoms with van der Waals surface area (Å²) in [5.41, 5.74) is 0. The van der Waals surface area contributed by atoms with Gasteiger partial charge in [0.2, 0.25) is 10.0 Å². The van der Waals surface area contributed by atoms with Crippen molar-refractivity contribution in [2.45, 2.75) is 24.8 Å². The van der Waals surface area contributed by atoms with E-state index in [4.69, 9.17) is 5.11 Å². The number of hydrogen-bond acceptors (Lipinski definition) is 3. The summed E-state index contributed by atoms with van der Waals surface area (Å²) >= 11 is 0. The first-order valence-electron chi connectivity index (χ1n) is 5.35. The summed E-state index contributed by atoms with van der Waals surface area (Å²) in [6.45, 7) is 1.96. The Kier molecular flexibility index (Phi) is 4.59. The molecule has 106 valence electrons. The second-order valence-electron chi connectivity index (χ2n) is 4.09. The molecule has 8 heteroatoms. The molecule has 1 aromatic carbocycles.